The minimum absolute atomic E-state index is 0.0803. The maximum atomic E-state index is 12.1. The van der Waals surface area contributed by atoms with Gasteiger partial charge in [-0.1, -0.05) is 0 Å². The minimum Gasteiger partial charge on any atom is -0.398 e. The number of aryl methyl sites for hydroxylation is 1. The van der Waals surface area contributed by atoms with Crippen LogP contribution in [0.15, 0.2) is 24.4 Å². The van der Waals surface area contributed by atoms with Gasteiger partial charge in [0.05, 0.1) is 0 Å². The normalized spacial score (nSPS) is 10.9. The van der Waals surface area contributed by atoms with E-state index in [-0.39, 0.29) is 11.9 Å². The highest BCUT2D eigenvalue weighted by Gasteiger charge is 2.13. The Morgan fingerprint density at radius 1 is 1.33 bits per heavy atom. The van der Waals surface area contributed by atoms with E-state index in [1.165, 1.54) is 0 Å². The van der Waals surface area contributed by atoms with Crippen LogP contribution in [0.3, 0.4) is 0 Å². The van der Waals surface area contributed by atoms with Crippen molar-refractivity contribution in [2.75, 3.05) is 5.73 Å². The number of rotatable bonds is 2. The molecule has 18 heavy (non-hydrogen) atoms. The van der Waals surface area contributed by atoms with Gasteiger partial charge in [0.15, 0.2) is 0 Å². The molecule has 0 atom stereocenters. The summed E-state index contributed by atoms with van der Waals surface area (Å²) in [5.41, 5.74) is 8.09. The average Bonchev–Trinajstić information content (AvgIpc) is 2.27. The average molecular weight is 243 g/mol. The SMILES string of the molecule is Cc1cc(N)c2ccnc(C(=O)NC(C)C)c2c1. The Balaban J connectivity index is 2.61. The molecule has 0 fully saturated rings. The molecule has 0 spiro atoms. The number of hydrogen-bond acceptors (Lipinski definition) is 3. The number of anilines is 1. The molecule has 1 aromatic carbocycles. The van der Waals surface area contributed by atoms with Crippen LogP contribution in [0.4, 0.5) is 5.69 Å². The van der Waals surface area contributed by atoms with E-state index in [9.17, 15) is 4.79 Å². The summed E-state index contributed by atoms with van der Waals surface area (Å²) in [7, 11) is 0. The summed E-state index contributed by atoms with van der Waals surface area (Å²) in [4.78, 5) is 16.3. The summed E-state index contributed by atoms with van der Waals surface area (Å²) in [5.74, 6) is -0.166. The molecular weight excluding hydrogens is 226 g/mol. The first-order valence-corrected chi connectivity index (χ1v) is 5.94. The first kappa shape index (κ1) is 12.4. The smallest absolute Gasteiger partial charge is 0.270 e. The fourth-order valence-electron chi connectivity index (χ4n) is 1.97. The van der Waals surface area contributed by atoms with Crippen molar-refractivity contribution < 1.29 is 4.79 Å². The lowest BCUT2D eigenvalue weighted by Gasteiger charge is -2.11. The molecule has 1 heterocycles. The van der Waals surface area contributed by atoms with Gasteiger partial charge in [-0.3, -0.25) is 9.78 Å². The number of carbonyl (C=O) groups excluding carboxylic acids is 1. The van der Waals surface area contributed by atoms with E-state index in [4.69, 9.17) is 5.73 Å². The lowest BCUT2D eigenvalue weighted by Crippen LogP contribution is -2.30. The fraction of sp³-hybridized carbons (Fsp3) is 0.286. The first-order chi connectivity index (χ1) is 8.49. The highest BCUT2D eigenvalue weighted by atomic mass is 16.1. The van der Waals surface area contributed by atoms with Gasteiger partial charge >= 0.3 is 0 Å². The van der Waals surface area contributed by atoms with Gasteiger partial charge in [0.2, 0.25) is 0 Å². The second kappa shape index (κ2) is 4.64. The van der Waals surface area contributed by atoms with Crippen LogP contribution >= 0.6 is 0 Å². The summed E-state index contributed by atoms with van der Waals surface area (Å²) >= 11 is 0. The monoisotopic (exact) mass is 243 g/mol. The highest BCUT2D eigenvalue weighted by molar-refractivity contribution is 6.08. The predicted octanol–water partition coefficient (Wildman–Crippen LogP) is 2.26. The summed E-state index contributed by atoms with van der Waals surface area (Å²) in [5, 5.41) is 4.51. The Morgan fingerprint density at radius 3 is 2.72 bits per heavy atom. The third-order valence-electron chi connectivity index (χ3n) is 2.69. The molecule has 0 radical (unpaired) electrons. The number of fused-ring (bicyclic) bond motifs is 1. The quantitative estimate of drug-likeness (QED) is 0.795. The van der Waals surface area contributed by atoms with Crippen LogP contribution in [-0.4, -0.2) is 16.9 Å². The van der Waals surface area contributed by atoms with Gasteiger partial charge in [0.25, 0.3) is 5.91 Å². The molecule has 3 N–H and O–H groups in total. The Morgan fingerprint density at radius 2 is 2.06 bits per heavy atom. The van der Waals surface area contributed by atoms with Crippen molar-refractivity contribution in [2.45, 2.75) is 26.8 Å². The number of carbonyl (C=O) groups is 1. The molecule has 4 heteroatoms. The van der Waals surface area contributed by atoms with Crippen LogP contribution in [-0.2, 0) is 0 Å². The Labute approximate surface area is 106 Å². The molecule has 0 unspecified atom stereocenters. The third-order valence-corrected chi connectivity index (χ3v) is 2.69. The lowest BCUT2D eigenvalue weighted by molar-refractivity contribution is 0.0940. The second-order valence-corrected chi connectivity index (χ2v) is 4.74. The van der Waals surface area contributed by atoms with Gasteiger partial charge < -0.3 is 11.1 Å². The van der Waals surface area contributed by atoms with Crippen LogP contribution in [0.25, 0.3) is 10.8 Å². The lowest BCUT2D eigenvalue weighted by atomic mass is 10.0. The standard InChI is InChI=1S/C14H17N3O/c1-8(2)17-14(18)13-11-6-9(3)7-12(15)10(11)4-5-16-13/h4-8H,15H2,1-3H3,(H,17,18). The zero-order valence-electron chi connectivity index (χ0n) is 10.8. The van der Waals surface area contributed by atoms with Gasteiger partial charge in [0.1, 0.15) is 5.69 Å². The minimum atomic E-state index is -0.166. The Hall–Kier alpha value is -2.10. The van der Waals surface area contributed by atoms with Crippen LogP contribution in [0.1, 0.15) is 29.9 Å². The van der Waals surface area contributed by atoms with Crippen LogP contribution in [0.2, 0.25) is 0 Å². The summed E-state index contributed by atoms with van der Waals surface area (Å²) < 4.78 is 0. The number of amides is 1. The molecular formula is C14H17N3O. The van der Waals surface area contributed by atoms with Crippen molar-refractivity contribution in [3.05, 3.63) is 35.7 Å². The highest BCUT2D eigenvalue weighted by Crippen LogP contribution is 2.24. The molecule has 2 rings (SSSR count). The number of nitrogens with two attached hydrogens (primary N) is 1. The number of hydrogen-bond donors (Lipinski definition) is 2. The first-order valence-electron chi connectivity index (χ1n) is 5.94. The number of nitrogens with one attached hydrogen (secondary N) is 1. The second-order valence-electron chi connectivity index (χ2n) is 4.74. The number of nitrogens with zero attached hydrogens (tertiary/aromatic N) is 1. The Bertz CT molecular complexity index is 605. The van der Waals surface area contributed by atoms with Crippen molar-refractivity contribution in [3.63, 3.8) is 0 Å². The summed E-state index contributed by atoms with van der Waals surface area (Å²) in [6.45, 7) is 5.79. The molecule has 1 aromatic heterocycles. The fourth-order valence-corrected chi connectivity index (χ4v) is 1.97. The molecule has 1 amide bonds. The number of nitrogen functional groups attached to an aromatic ring is 1. The van der Waals surface area contributed by atoms with Crippen molar-refractivity contribution in [1.82, 2.24) is 10.3 Å². The number of benzene rings is 1. The van der Waals surface area contributed by atoms with Gasteiger partial charge in [-0.15, -0.1) is 0 Å². The zero-order valence-corrected chi connectivity index (χ0v) is 10.8. The molecule has 0 saturated heterocycles. The van der Waals surface area contributed by atoms with Crippen molar-refractivity contribution in [3.8, 4) is 0 Å². The van der Waals surface area contributed by atoms with Crippen molar-refractivity contribution >= 4 is 22.4 Å². The largest absolute Gasteiger partial charge is 0.398 e. The maximum Gasteiger partial charge on any atom is 0.270 e. The molecule has 0 aliphatic carbocycles. The van der Waals surface area contributed by atoms with Crippen molar-refractivity contribution in [1.29, 1.82) is 0 Å². The molecule has 0 saturated carbocycles. The van der Waals surface area contributed by atoms with Gasteiger partial charge in [-0.05, 0) is 44.5 Å². The predicted molar refractivity (Wildman–Crippen MR) is 73.5 cm³/mol. The zero-order chi connectivity index (χ0) is 13.3. The van der Waals surface area contributed by atoms with E-state index in [0.29, 0.717) is 11.4 Å². The third kappa shape index (κ3) is 2.27. The van der Waals surface area contributed by atoms with E-state index in [1.807, 2.05) is 39.0 Å². The molecule has 0 aliphatic rings. The van der Waals surface area contributed by atoms with E-state index < -0.39 is 0 Å². The van der Waals surface area contributed by atoms with Crippen LogP contribution < -0.4 is 11.1 Å². The van der Waals surface area contributed by atoms with Crippen LogP contribution in [0, 0.1) is 6.92 Å². The van der Waals surface area contributed by atoms with Crippen LogP contribution in [0.5, 0.6) is 0 Å². The molecule has 4 nitrogen and oxygen atoms in total. The number of pyridine rings is 1. The molecule has 94 valence electrons. The molecule has 0 aliphatic heterocycles. The van der Waals surface area contributed by atoms with E-state index in [1.54, 1.807) is 6.20 Å². The van der Waals surface area contributed by atoms with E-state index >= 15 is 0 Å². The topological polar surface area (TPSA) is 68.0 Å². The summed E-state index contributed by atoms with van der Waals surface area (Å²) in [6, 6.07) is 5.74. The van der Waals surface area contributed by atoms with Crippen molar-refractivity contribution in [2.24, 2.45) is 0 Å². The van der Waals surface area contributed by atoms with E-state index in [0.717, 1.165) is 16.3 Å². The summed E-state index contributed by atoms with van der Waals surface area (Å²) in [6.07, 6.45) is 1.61. The van der Waals surface area contributed by atoms with Gasteiger partial charge in [-0.25, -0.2) is 0 Å². The number of aromatic nitrogens is 1. The molecule has 0 bridgehead atoms. The maximum absolute atomic E-state index is 12.1. The Kier molecular flexibility index (Phi) is 3.19. The van der Waals surface area contributed by atoms with E-state index in [2.05, 4.69) is 10.3 Å². The van der Waals surface area contributed by atoms with Gasteiger partial charge in [0, 0.05) is 28.7 Å². The van der Waals surface area contributed by atoms with Gasteiger partial charge in [-0.2, -0.15) is 0 Å². The molecule has 2 aromatic rings.